The maximum absolute atomic E-state index is 11.5. The van der Waals surface area contributed by atoms with Crippen LogP contribution in [-0.4, -0.2) is 49.4 Å². The first kappa shape index (κ1) is 17.0. The van der Waals surface area contributed by atoms with Crippen LogP contribution in [0.5, 0.6) is 0 Å². The van der Waals surface area contributed by atoms with Crippen molar-refractivity contribution in [3.8, 4) is 0 Å². The number of ether oxygens (including phenoxy) is 1. The van der Waals surface area contributed by atoms with Crippen LogP contribution >= 0.6 is 23.2 Å². The number of hydrogen-bond donors (Lipinski definition) is 2. The maximum Gasteiger partial charge on any atom is 0.317 e. The molecule has 0 saturated heterocycles. The van der Waals surface area contributed by atoms with Crippen molar-refractivity contribution < 1.29 is 14.6 Å². The van der Waals surface area contributed by atoms with Gasteiger partial charge < -0.3 is 20.1 Å². The zero-order valence-corrected chi connectivity index (χ0v) is 12.7. The molecule has 0 unspecified atom stereocenters. The number of benzene rings is 1. The summed E-state index contributed by atoms with van der Waals surface area (Å²) in [6, 6.07) is 4.97. The van der Waals surface area contributed by atoms with Gasteiger partial charge in [-0.25, -0.2) is 4.79 Å². The number of halogens is 2. The highest BCUT2D eigenvalue weighted by Crippen LogP contribution is 2.21. The zero-order valence-electron chi connectivity index (χ0n) is 11.2. The number of urea groups is 1. The van der Waals surface area contributed by atoms with E-state index in [0.29, 0.717) is 36.3 Å². The van der Waals surface area contributed by atoms with Crippen LogP contribution in [0.1, 0.15) is 5.56 Å². The largest absolute Gasteiger partial charge is 0.395 e. The molecule has 0 aliphatic carbocycles. The second-order valence-electron chi connectivity index (χ2n) is 4.17. The average molecular weight is 321 g/mol. The van der Waals surface area contributed by atoms with Crippen LogP contribution in [0.3, 0.4) is 0 Å². The van der Waals surface area contributed by atoms with Crippen molar-refractivity contribution in [3.05, 3.63) is 33.8 Å². The summed E-state index contributed by atoms with van der Waals surface area (Å²) in [5, 5.41) is 12.5. The molecule has 2 N–H and O–H groups in total. The van der Waals surface area contributed by atoms with E-state index in [9.17, 15) is 4.79 Å². The minimum Gasteiger partial charge on any atom is -0.395 e. The Morgan fingerprint density at radius 1 is 1.45 bits per heavy atom. The average Bonchev–Trinajstić information content (AvgIpc) is 2.40. The summed E-state index contributed by atoms with van der Waals surface area (Å²) in [5.41, 5.74) is 0.847. The summed E-state index contributed by atoms with van der Waals surface area (Å²) < 4.78 is 5.42. The molecule has 1 aromatic rings. The molecule has 2 amide bonds. The minimum absolute atomic E-state index is 0.0600. The number of aliphatic hydroxyl groups excluding tert-OH is 1. The van der Waals surface area contributed by atoms with Gasteiger partial charge in [-0.3, -0.25) is 0 Å². The zero-order chi connectivity index (χ0) is 15.0. The predicted molar refractivity (Wildman–Crippen MR) is 79.2 cm³/mol. The van der Waals surface area contributed by atoms with Gasteiger partial charge in [-0.2, -0.15) is 0 Å². The third-order valence-electron chi connectivity index (χ3n) is 2.58. The van der Waals surface area contributed by atoms with Crippen molar-refractivity contribution >= 4 is 29.2 Å². The Bertz CT molecular complexity index is 444. The molecule has 0 atom stereocenters. The number of carbonyl (C=O) groups is 1. The molecule has 0 fully saturated rings. The number of nitrogens with one attached hydrogen (secondary N) is 1. The Labute approximate surface area is 128 Å². The standard InChI is InChI=1S/C13H18Cl2N2O3/c1-17(5-6-18)13(19)16-4-7-20-9-10-2-3-11(14)8-12(10)15/h2-3,8,18H,4-7,9H2,1H3,(H,16,19). The van der Waals surface area contributed by atoms with Crippen molar-refractivity contribution in [2.24, 2.45) is 0 Å². The van der Waals surface area contributed by atoms with E-state index in [-0.39, 0.29) is 12.6 Å². The number of amides is 2. The van der Waals surface area contributed by atoms with Gasteiger partial charge in [-0.1, -0.05) is 29.3 Å². The lowest BCUT2D eigenvalue weighted by molar-refractivity contribution is 0.121. The maximum atomic E-state index is 11.5. The van der Waals surface area contributed by atoms with Crippen LogP contribution < -0.4 is 5.32 Å². The van der Waals surface area contributed by atoms with E-state index in [1.165, 1.54) is 4.90 Å². The fourth-order valence-corrected chi connectivity index (χ4v) is 1.90. The van der Waals surface area contributed by atoms with Gasteiger partial charge in [0, 0.05) is 30.2 Å². The molecule has 0 radical (unpaired) electrons. The summed E-state index contributed by atoms with van der Waals surface area (Å²) in [5.74, 6) is 0. The molecule has 7 heteroatoms. The van der Waals surface area contributed by atoms with Gasteiger partial charge in [0.15, 0.2) is 0 Å². The molecule has 0 aliphatic rings. The summed E-state index contributed by atoms with van der Waals surface area (Å²) in [4.78, 5) is 12.9. The Kier molecular flexibility index (Phi) is 7.69. The van der Waals surface area contributed by atoms with Crippen LogP contribution in [0.25, 0.3) is 0 Å². The van der Waals surface area contributed by atoms with Crippen LogP contribution in [0.15, 0.2) is 18.2 Å². The molecule has 112 valence electrons. The van der Waals surface area contributed by atoms with E-state index >= 15 is 0 Å². The topological polar surface area (TPSA) is 61.8 Å². The number of nitrogens with zero attached hydrogens (tertiary/aromatic N) is 1. The Balaban J connectivity index is 2.20. The van der Waals surface area contributed by atoms with E-state index in [1.807, 2.05) is 0 Å². The number of rotatable bonds is 7. The fraction of sp³-hybridized carbons (Fsp3) is 0.462. The number of likely N-dealkylation sites (N-methyl/N-ethyl adjacent to an activating group) is 1. The first-order valence-corrected chi connectivity index (χ1v) is 6.91. The van der Waals surface area contributed by atoms with Crippen LogP contribution in [0.2, 0.25) is 10.0 Å². The molecular weight excluding hydrogens is 303 g/mol. The van der Waals surface area contributed by atoms with Gasteiger partial charge >= 0.3 is 6.03 Å². The lowest BCUT2D eigenvalue weighted by Crippen LogP contribution is -2.40. The molecule has 1 aromatic carbocycles. The molecule has 0 aromatic heterocycles. The minimum atomic E-state index is -0.243. The first-order chi connectivity index (χ1) is 9.54. The molecule has 0 saturated carbocycles. The van der Waals surface area contributed by atoms with Crippen LogP contribution in [0, 0.1) is 0 Å². The van der Waals surface area contributed by atoms with E-state index < -0.39 is 0 Å². The molecule has 1 rings (SSSR count). The third-order valence-corrected chi connectivity index (χ3v) is 3.16. The summed E-state index contributed by atoms with van der Waals surface area (Å²) >= 11 is 11.8. The molecule has 0 spiro atoms. The second-order valence-corrected chi connectivity index (χ2v) is 5.01. The van der Waals surface area contributed by atoms with Crippen molar-refractivity contribution in [3.63, 3.8) is 0 Å². The lowest BCUT2D eigenvalue weighted by atomic mass is 10.2. The molecule has 5 nitrogen and oxygen atoms in total. The molecular formula is C13H18Cl2N2O3. The SMILES string of the molecule is CN(CCO)C(=O)NCCOCc1ccc(Cl)cc1Cl. The number of aliphatic hydroxyl groups is 1. The van der Waals surface area contributed by atoms with Gasteiger partial charge in [-0.05, 0) is 17.7 Å². The van der Waals surface area contributed by atoms with Gasteiger partial charge in [0.05, 0.1) is 19.8 Å². The molecule has 20 heavy (non-hydrogen) atoms. The van der Waals surface area contributed by atoms with Gasteiger partial charge in [0.2, 0.25) is 0 Å². The van der Waals surface area contributed by atoms with Gasteiger partial charge in [0.1, 0.15) is 0 Å². The van der Waals surface area contributed by atoms with E-state index in [0.717, 1.165) is 5.56 Å². The monoisotopic (exact) mass is 320 g/mol. The second kappa shape index (κ2) is 9.02. The summed E-state index contributed by atoms with van der Waals surface area (Å²) in [6.07, 6.45) is 0. The highest BCUT2D eigenvalue weighted by Gasteiger charge is 2.06. The highest BCUT2D eigenvalue weighted by molar-refractivity contribution is 6.35. The molecule has 0 bridgehead atoms. The number of carbonyl (C=O) groups excluding carboxylic acids is 1. The third kappa shape index (κ3) is 5.96. The summed E-state index contributed by atoms with van der Waals surface area (Å²) in [6.45, 7) is 1.36. The van der Waals surface area contributed by atoms with E-state index in [1.54, 1.807) is 25.2 Å². The molecule has 0 heterocycles. The van der Waals surface area contributed by atoms with Gasteiger partial charge in [-0.15, -0.1) is 0 Å². The van der Waals surface area contributed by atoms with Crippen LogP contribution in [-0.2, 0) is 11.3 Å². The quantitative estimate of drug-likeness (QED) is 0.757. The predicted octanol–water partition coefficient (Wildman–Crippen LogP) is 2.14. The first-order valence-electron chi connectivity index (χ1n) is 6.16. The van der Waals surface area contributed by atoms with Crippen molar-refractivity contribution in [1.82, 2.24) is 10.2 Å². The van der Waals surface area contributed by atoms with Gasteiger partial charge in [0.25, 0.3) is 0 Å². The van der Waals surface area contributed by atoms with E-state index in [2.05, 4.69) is 5.32 Å². The Morgan fingerprint density at radius 2 is 2.20 bits per heavy atom. The molecule has 0 aliphatic heterocycles. The van der Waals surface area contributed by atoms with Crippen LogP contribution in [0.4, 0.5) is 4.79 Å². The van der Waals surface area contributed by atoms with E-state index in [4.69, 9.17) is 33.0 Å². The van der Waals surface area contributed by atoms with Crippen molar-refractivity contribution in [2.75, 3.05) is 33.4 Å². The highest BCUT2D eigenvalue weighted by atomic mass is 35.5. The smallest absolute Gasteiger partial charge is 0.317 e. The Morgan fingerprint density at radius 3 is 2.85 bits per heavy atom. The van der Waals surface area contributed by atoms with Crippen molar-refractivity contribution in [2.45, 2.75) is 6.61 Å². The lowest BCUT2D eigenvalue weighted by Gasteiger charge is -2.16. The normalized spacial score (nSPS) is 10.4. The summed E-state index contributed by atoms with van der Waals surface area (Å²) in [7, 11) is 1.61. The Hall–Kier alpha value is -1.01. The van der Waals surface area contributed by atoms with Crippen molar-refractivity contribution in [1.29, 1.82) is 0 Å². The fourth-order valence-electron chi connectivity index (χ4n) is 1.44. The number of hydrogen-bond acceptors (Lipinski definition) is 3.